The van der Waals surface area contributed by atoms with Crippen LogP contribution in [0.5, 0.6) is 0 Å². The zero-order chi connectivity index (χ0) is 21.7. The number of hydrogen-bond acceptors (Lipinski definition) is 5. The lowest BCUT2D eigenvalue weighted by atomic mass is 10.1. The number of benzene rings is 1. The minimum absolute atomic E-state index is 0.0420. The highest BCUT2D eigenvalue weighted by molar-refractivity contribution is 6.47. The van der Waals surface area contributed by atoms with Gasteiger partial charge in [0.05, 0.1) is 0 Å². The molecule has 0 spiro atoms. The molecule has 2 aromatic rings. The number of Topliss-reactive ketones (excluding diaryl/α,β-unsaturated/α-hetero) is 1. The van der Waals surface area contributed by atoms with Gasteiger partial charge < -0.3 is 5.73 Å². The molecule has 3 N–H and O–H groups in total. The monoisotopic (exact) mass is 400 g/mol. The molecule has 1 heterocycles. The maximum Gasteiger partial charge on any atom is 0.330 e. The zero-order valence-corrected chi connectivity index (χ0v) is 17.3. The van der Waals surface area contributed by atoms with Crippen molar-refractivity contribution in [1.82, 2.24) is 9.55 Å². The predicted molar refractivity (Wildman–Crippen MR) is 113 cm³/mol. The number of unbranched alkanes of at least 4 members (excludes halogenated alkanes) is 1. The summed E-state index contributed by atoms with van der Waals surface area (Å²) in [6.45, 7) is 7.96. The number of ketones is 1. The first kappa shape index (κ1) is 22.1. The van der Waals surface area contributed by atoms with Crippen LogP contribution in [0.1, 0.15) is 49.5 Å². The molecule has 29 heavy (non-hydrogen) atoms. The van der Waals surface area contributed by atoms with Gasteiger partial charge in [-0.2, -0.15) is 0 Å². The molecule has 0 atom stereocenters. The van der Waals surface area contributed by atoms with Gasteiger partial charge in [-0.25, -0.2) is 4.79 Å². The molecule has 0 fully saturated rings. The van der Waals surface area contributed by atoms with E-state index in [2.05, 4.69) is 4.98 Å². The van der Waals surface area contributed by atoms with Crippen LogP contribution in [0, 0.1) is 12.8 Å². The predicted octanol–water partition coefficient (Wildman–Crippen LogP) is 2.10. The number of aromatic nitrogens is 2. The molecule has 0 bridgehead atoms. The van der Waals surface area contributed by atoms with Crippen molar-refractivity contribution in [3.8, 4) is 0 Å². The number of nitrogens with zero attached hydrogens (tertiary/aromatic N) is 2. The highest BCUT2D eigenvalue weighted by Crippen LogP contribution is 2.20. The van der Waals surface area contributed by atoms with Crippen molar-refractivity contribution in [3.63, 3.8) is 0 Å². The molecule has 8 nitrogen and oxygen atoms in total. The molecule has 0 saturated carbocycles. The Bertz CT molecular complexity index is 1000. The van der Waals surface area contributed by atoms with Crippen LogP contribution in [-0.2, 0) is 11.3 Å². The summed E-state index contributed by atoms with van der Waals surface area (Å²) in [6, 6.07) is 6.61. The van der Waals surface area contributed by atoms with Gasteiger partial charge in [0, 0.05) is 18.7 Å². The van der Waals surface area contributed by atoms with Crippen molar-refractivity contribution in [1.29, 1.82) is 0 Å². The highest BCUT2D eigenvalue weighted by atomic mass is 16.2. The van der Waals surface area contributed by atoms with Crippen molar-refractivity contribution < 1.29 is 9.59 Å². The second kappa shape index (κ2) is 9.36. The topological polar surface area (TPSA) is 118 Å². The Morgan fingerprint density at radius 1 is 1.17 bits per heavy atom. The van der Waals surface area contributed by atoms with E-state index < -0.39 is 22.9 Å². The summed E-state index contributed by atoms with van der Waals surface area (Å²) in [6.07, 6.45) is 1.50. The van der Waals surface area contributed by atoms with E-state index in [-0.39, 0.29) is 29.5 Å². The van der Waals surface area contributed by atoms with Crippen LogP contribution in [-0.4, -0.2) is 27.8 Å². The van der Waals surface area contributed by atoms with Crippen molar-refractivity contribution >= 4 is 23.2 Å². The van der Waals surface area contributed by atoms with Crippen molar-refractivity contribution in [2.24, 2.45) is 5.92 Å². The Balaban J connectivity index is 2.56. The number of nitrogens with one attached hydrogen (secondary N) is 1. The van der Waals surface area contributed by atoms with Crippen LogP contribution >= 0.6 is 0 Å². The molecule has 1 aromatic heterocycles. The molecule has 0 unspecified atom stereocenters. The summed E-state index contributed by atoms with van der Waals surface area (Å²) in [5, 5.41) is 0. The van der Waals surface area contributed by atoms with E-state index in [4.69, 9.17) is 5.73 Å². The average molecular weight is 400 g/mol. The normalized spacial score (nSPS) is 10.9. The van der Waals surface area contributed by atoms with E-state index in [0.717, 1.165) is 16.9 Å². The first-order valence-electron chi connectivity index (χ1n) is 9.72. The van der Waals surface area contributed by atoms with Crippen LogP contribution in [0.4, 0.5) is 11.5 Å². The Kier molecular flexibility index (Phi) is 7.14. The number of nitrogen functional groups attached to an aromatic ring is 1. The summed E-state index contributed by atoms with van der Waals surface area (Å²) in [7, 11) is 0. The Hall–Kier alpha value is -3.16. The van der Waals surface area contributed by atoms with Crippen LogP contribution < -0.4 is 21.9 Å². The lowest BCUT2D eigenvalue weighted by Gasteiger charge is -2.25. The molecule has 1 amide bonds. The number of carbonyl (C=O) groups excluding carboxylic acids is 2. The highest BCUT2D eigenvalue weighted by Gasteiger charge is 2.30. The van der Waals surface area contributed by atoms with Crippen molar-refractivity contribution in [2.75, 3.05) is 17.2 Å². The minimum Gasteiger partial charge on any atom is -0.383 e. The first-order chi connectivity index (χ1) is 13.7. The number of nitrogens with two attached hydrogens (primary N) is 1. The van der Waals surface area contributed by atoms with Crippen LogP contribution in [0.2, 0.25) is 0 Å². The number of rotatable bonds is 8. The quantitative estimate of drug-likeness (QED) is 0.520. The third-order valence-electron chi connectivity index (χ3n) is 4.52. The number of aromatic amines is 1. The molecule has 2 rings (SSSR count). The zero-order valence-electron chi connectivity index (χ0n) is 17.3. The lowest BCUT2D eigenvalue weighted by Crippen LogP contribution is -2.45. The number of aryl methyl sites for hydroxylation is 1. The Morgan fingerprint density at radius 3 is 2.34 bits per heavy atom. The number of hydrogen-bond donors (Lipinski definition) is 2. The van der Waals surface area contributed by atoms with E-state index in [1.165, 1.54) is 4.57 Å². The SMILES string of the molecule is CCCCn1c(N)c(N(CC(C)C)C(=O)C(=O)c2ccc(C)cc2)c(=O)[nH]c1=O. The van der Waals surface area contributed by atoms with Gasteiger partial charge in [0.2, 0.25) is 0 Å². The summed E-state index contributed by atoms with van der Waals surface area (Å²) >= 11 is 0. The molecular weight excluding hydrogens is 372 g/mol. The van der Waals surface area contributed by atoms with E-state index in [0.29, 0.717) is 13.0 Å². The fraction of sp³-hybridized carbons (Fsp3) is 0.429. The fourth-order valence-electron chi connectivity index (χ4n) is 2.97. The smallest absolute Gasteiger partial charge is 0.330 e. The van der Waals surface area contributed by atoms with E-state index in [9.17, 15) is 19.2 Å². The van der Waals surface area contributed by atoms with Crippen LogP contribution in [0.25, 0.3) is 0 Å². The van der Waals surface area contributed by atoms with Crippen LogP contribution in [0.3, 0.4) is 0 Å². The van der Waals surface area contributed by atoms with Crippen molar-refractivity contribution in [3.05, 3.63) is 56.2 Å². The van der Waals surface area contributed by atoms with Gasteiger partial charge in [-0.05, 0) is 19.3 Å². The van der Waals surface area contributed by atoms with E-state index in [1.54, 1.807) is 24.3 Å². The summed E-state index contributed by atoms with van der Waals surface area (Å²) in [4.78, 5) is 53.9. The number of carbonyl (C=O) groups is 2. The third-order valence-corrected chi connectivity index (χ3v) is 4.52. The largest absolute Gasteiger partial charge is 0.383 e. The molecule has 0 aliphatic heterocycles. The molecule has 0 radical (unpaired) electrons. The number of anilines is 2. The summed E-state index contributed by atoms with van der Waals surface area (Å²) in [5.41, 5.74) is 5.73. The molecular formula is C21H28N4O4. The number of amides is 1. The lowest BCUT2D eigenvalue weighted by molar-refractivity contribution is -0.114. The Morgan fingerprint density at radius 2 is 1.79 bits per heavy atom. The summed E-state index contributed by atoms with van der Waals surface area (Å²) < 4.78 is 1.23. The maximum atomic E-state index is 13.1. The molecule has 1 aromatic carbocycles. The standard InChI is InChI=1S/C21H28N4O4/c1-5-6-11-24-18(22)16(19(27)23-21(24)29)25(12-13(2)3)20(28)17(26)15-9-7-14(4)8-10-15/h7-10,13H,5-6,11-12,22H2,1-4H3,(H,23,27,29). The van der Waals surface area contributed by atoms with Gasteiger partial charge in [0.15, 0.2) is 5.69 Å². The minimum atomic E-state index is -0.861. The van der Waals surface area contributed by atoms with E-state index >= 15 is 0 Å². The molecule has 8 heteroatoms. The van der Waals surface area contributed by atoms with Gasteiger partial charge in [-0.1, -0.05) is 57.0 Å². The van der Waals surface area contributed by atoms with E-state index in [1.807, 2.05) is 27.7 Å². The molecule has 0 aliphatic rings. The second-order valence-corrected chi connectivity index (χ2v) is 7.50. The van der Waals surface area contributed by atoms with Gasteiger partial charge in [0.25, 0.3) is 17.2 Å². The summed E-state index contributed by atoms with van der Waals surface area (Å²) in [5.74, 6) is -1.76. The average Bonchev–Trinajstić information content (AvgIpc) is 2.66. The molecule has 0 saturated heterocycles. The molecule has 156 valence electrons. The van der Waals surface area contributed by atoms with Gasteiger partial charge in [-0.3, -0.25) is 28.8 Å². The molecule has 0 aliphatic carbocycles. The third kappa shape index (κ3) is 5.01. The Labute approximate surface area is 169 Å². The van der Waals surface area contributed by atoms with Gasteiger partial charge >= 0.3 is 5.69 Å². The first-order valence-corrected chi connectivity index (χ1v) is 9.72. The number of H-pyrrole nitrogens is 1. The van der Waals surface area contributed by atoms with Gasteiger partial charge in [0.1, 0.15) is 5.82 Å². The fourth-order valence-corrected chi connectivity index (χ4v) is 2.97. The van der Waals surface area contributed by atoms with Crippen molar-refractivity contribution in [2.45, 2.75) is 47.1 Å². The second-order valence-electron chi connectivity index (χ2n) is 7.50. The van der Waals surface area contributed by atoms with Gasteiger partial charge in [-0.15, -0.1) is 0 Å². The maximum absolute atomic E-state index is 13.1. The van der Waals surface area contributed by atoms with Crippen LogP contribution in [0.15, 0.2) is 33.9 Å².